The normalized spacial score (nSPS) is 11.8. The molecular weight excluding hydrogens is 532 g/mol. The molecule has 8 aromatic rings. The minimum atomic E-state index is 0.798. The maximum Gasteiger partial charge on any atom is 0.135 e. The Hall–Kier alpha value is -5.66. The highest BCUT2D eigenvalue weighted by molar-refractivity contribution is 6.22. The summed E-state index contributed by atoms with van der Waals surface area (Å²) in [5.41, 5.74) is 9.25. The molecule has 0 saturated heterocycles. The average Bonchev–Trinajstić information content (AvgIpc) is 3.43. The van der Waals surface area contributed by atoms with Gasteiger partial charge in [-0.3, -0.25) is 0 Å². The fourth-order valence-electron chi connectivity index (χ4n) is 6.75. The van der Waals surface area contributed by atoms with E-state index in [0.29, 0.717) is 0 Å². The minimum absolute atomic E-state index is 0.798. The predicted molar refractivity (Wildman–Crippen MR) is 190 cm³/mol. The number of allylic oxidation sites excluding steroid dienone is 1. The molecule has 0 saturated carbocycles. The predicted octanol–water partition coefficient (Wildman–Crippen LogP) is 12.6. The summed E-state index contributed by atoms with van der Waals surface area (Å²) in [5.74, 6) is 0.798. The van der Waals surface area contributed by atoms with E-state index in [2.05, 4.69) is 152 Å². The first-order valence-corrected chi connectivity index (χ1v) is 15.1. The zero-order valence-electron chi connectivity index (χ0n) is 24.5. The van der Waals surface area contributed by atoms with Crippen molar-refractivity contribution in [3.05, 3.63) is 157 Å². The molecule has 44 heavy (non-hydrogen) atoms. The van der Waals surface area contributed by atoms with Gasteiger partial charge in [-0.15, -0.1) is 0 Å². The van der Waals surface area contributed by atoms with Crippen molar-refractivity contribution in [3.8, 4) is 33.4 Å². The Morgan fingerprint density at radius 1 is 0.500 bits per heavy atom. The monoisotopic (exact) mass is 562 g/mol. The lowest BCUT2D eigenvalue weighted by molar-refractivity contribution is 0.603. The van der Waals surface area contributed by atoms with E-state index in [4.69, 9.17) is 4.42 Å². The molecule has 208 valence electrons. The number of hydrogen-bond acceptors (Lipinski definition) is 1. The molecule has 1 aromatic heterocycles. The maximum atomic E-state index is 6.15. The summed E-state index contributed by atoms with van der Waals surface area (Å²) in [6, 6.07) is 48.5. The largest absolute Gasteiger partial charge is 0.456 e. The van der Waals surface area contributed by atoms with Crippen molar-refractivity contribution in [1.29, 1.82) is 0 Å². The highest BCUT2D eigenvalue weighted by Crippen LogP contribution is 2.45. The lowest BCUT2D eigenvalue weighted by atomic mass is 9.85. The van der Waals surface area contributed by atoms with Gasteiger partial charge in [0.25, 0.3) is 0 Å². The van der Waals surface area contributed by atoms with Crippen molar-refractivity contribution in [2.45, 2.75) is 6.92 Å². The van der Waals surface area contributed by atoms with Gasteiger partial charge < -0.3 is 4.42 Å². The summed E-state index contributed by atoms with van der Waals surface area (Å²) in [5, 5.41) is 8.55. The molecule has 0 amide bonds. The molecule has 1 nitrogen and oxygen atoms in total. The van der Waals surface area contributed by atoms with E-state index < -0.39 is 0 Å². The van der Waals surface area contributed by atoms with E-state index >= 15 is 0 Å². The van der Waals surface area contributed by atoms with Crippen molar-refractivity contribution < 1.29 is 4.42 Å². The van der Waals surface area contributed by atoms with E-state index in [0.717, 1.165) is 22.3 Å². The van der Waals surface area contributed by atoms with Crippen molar-refractivity contribution in [2.75, 3.05) is 0 Å². The molecule has 1 heterocycles. The average molecular weight is 563 g/mol. The van der Waals surface area contributed by atoms with Crippen molar-refractivity contribution in [3.63, 3.8) is 0 Å². The highest BCUT2D eigenvalue weighted by atomic mass is 16.3. The van der Waals surface area contributed by atoms with Crippen LogP contribution in [0.15, 0.2) is 151 Å². The first kappa shape index (κ1) is 26.0. The molecule has 0 bridgehead atoms. The third-order valence-corrected chi connectivity index (χ3v) is 8.73. The number of rotatable bonds is 5. The third kappa shape index (κ3) is 4.17. The topological polar surface area (TPSA) is 13.1 Å². The van der Waals surface area contributed by atoms with E-state index in [9.17, 15) is 0 Å². The summed E-state index contributed by atoms with van der Waals surface area (Å²) in [4.78, 5) is 0. The lowest BCUT2D eigenvalue weighted by Gasteiger charge is -2.18. The van der Waals surface area contributed by atoms with Gasteiger partial charge in [0, 0.05) is 10.9 Å². The van der Waals surface area contributed by atoms with Crippen LogP contribution in [0.25, 0.3) is 88.8 Å². The van der Waals surface area contributed by atoms with Crippen LogP contribution in [0.5, 0.6) is 0 Å². The van der Waals surface area contributed by atoms with Crippen LogP contribution in [0.3, 0.4) is 0 Å². The Morgan fingerprint density at radius 2 is 1.07 bits per heavy atom. The summed E-state index contributed by atoms with van der Waals surface area (Å²) in [7, 11) is 0. The molecule has 0 N–H and O–H groups in total. The first-order chi connectivity index (χ1) is 21.7. The van der Waals surface area contributed by atoms with E-state index in [1.165, 1.54) is 65.7 Å². The Bertz CT molecular complexity index is 2360. The summed E-state index contributed by atoms with van der Waals surface area (Å²) < 4.78 is 6.15. The highest BCUT2D eigenvalue weighted by Gasteiger charge is 2.18. The van der Waals surface area contributed by atoms with Gasteiger partial charge in [-0.05, 0) is 103 Å². The van der Waals surface area contributed by atoms with E-state index in [-0.39, 0.29) is 0 Å². The first-order valence-electron chi connectivity index (χ1n) is 15.1. The molecule has 0 atom stereocenters. The SMILES string of the molecule is C=Cc1oc2ccc(-c3c4ccccc4c(-c4cccc(-c5ccc6ccccc6c5)c4)c4ccccc34)cc2c1/C=C\C. The molecule has 0 radical (unpaired) electrons. The fourth-order valence-corrected chi connectivity index (χ4v) is 6.75. The standard InChI is InChI=1S/C43H30O/c1-3-12-34-39-27-33(23-24-41(39)44-40(34)4-2)43-37-19-9-7-17-35(37)42(36-18-8-10-20-38(36)43)32-16-11-15-30(26-32)31-22-21-28-13-5-6-14-29(28)25-31/h3-27H,2H2,1H3/b12-3-. The molecule has 0 unspecified atom stereocenters. The van der Waals surface area contributed by atoms with Gasteiger partial charge in [-0.25, -0.2) is 0 Å². The van der Waals surface area contributed by atoms with Crippen LogP contribution < -0.4 is 0 Å². The maximum absolute atomic E-state index is 6.15. The Kier molecular flexibility index (Phi) is 6.24. The number of hydrogen-bond donors (Lipinski definition) is 0. The zero-order chi connectivity index (χ0) is 29.6. The molecule has 7 aromatic carbocycles. The van der Waals surface area contributed by atoms with E-state index in [1.54, 1.807) is 6.08 Å². The third-order valence-electron chi connectivity index (χ3n) is 8.73. The Labute approximate surface area is 257 Å². The smallest absolute Gasteiger partial charge is 0.135 e. The van der Waals surface area contributed by atoms with Gasteiger partial charge in [0.1, 0.15) is 11.3 Å². The van der Waals surface area contributed by atoms with Crippen molar-refractivity contribution >= 4 is 55.4 Å². The van der Waals surface area contributed by atoms with Crippen LogP contribution in [-0.2, 0) is 0 Å². The van der Waals surface area contributed by atoms with Gasteiger partial charge in [0.15, 0.2) is 0 Å². The van der Waals surface area contributed by atoms with Gasteiger partial charge in [-0.1, -0.05) is 128 Å². The number of fused-ring (bicyclic) bond motifs is 4. The second kappa shape index (κ2) is 10.6. The lowest BCUT2D eigenvalue weighted by Crippen LogP contribution is -1.91. The molecule has 0 fully saturated rings. The molecule has 0 aliphatic carbocycles. The molecule has 0 aliphatic heterocycles. The quantitative estimate of drug-likeness (QED) is 0.190. The number of furan rings is 1. The summed E-state index contributed by atoms with van der Waals surface area (Å²) >= 11 is 0. The summed E-state index contributed by atoms with van der Waals surface area (Å²) in [6.45, 7) is 6.01. The fraction of sp³-hybridized carbons (Fsp3) is 0.0233. The molecule has 8 rings (SSSR count). The number of benzene rings is 7. The van der Waals surface area contributed by atoms with Crippen molar-refractivity contribution in [2.24, 2.45) is 0 Å². The van der Waals surface area contributed by atoms with Crippen LogP contribution in [0.2, 0.25) is 0 Å². The molecule has 0 aliphatic rings. The Balaban J connectivity index is 1.38. The minimum Gasteiger partial charge on any atom is -0.456 e. The van der Waals surface area contributed by atoms with Crippen LogP contribution >= 0.6 is 0 Å². The van der Waals surface area contributed by atoms with Crippen LogP contribution in [0, 0.1) is 0 Å². The van der Waals surface area contributed by atoms with Crippen LogP contribution in [-0.4, -0.2) is 0 Å². The molecular formula is C43H30O. The second-order valence-electron chi connectivity index (χ2n) is 11.3. The second-order valence-corrected chi connectivity index (χ2v) is 11.3. The summed E-state index contributed by atoms with van der Waals surface area (Å²) in [6.07, 6.45) is 5.95. The van der Waals surface area contributed by atoms with E-state index in [1.807, 2.05) is 6.92 Å². The Morgan fingerprint density at radius 3 is 1.73 bits per heavy atom. The zero-order valence-corrected chi connectivity index (χ0v) is 24.5. The van der Waals surface area contributed by atoms with Gasteiger partial charge in [0.2, 0.25) is 0 Å². The van der Waals surface area contributed by atoms with Gasteiger partial charge in [0.05, 0.1) is 0 Å². The van der Waals surface area contributed by atoms with Crippen molar-refractivity contribution in [1.82, 2.24) is 0 Å². The van der Waals surface area contributed by atoms with Gasteiger partial charge >= 0.3 is 0 Å². The van der Waals surface area contributed by atoms with Gasteiger partial charge in [-0.2, -0.15) is 0 Å². The molecule has 1 heteroatoms. The van der Waals surface area contributed by atoms with Crippen LogP contribution in [0.1, 0.15) is 18.2 Å². The van der Waals surface area contributed by atoms with Crippen LogP contribution in [0.4, 0.5) is 0 Å². The molecule has 0 spiro atoms.